The van der Waals surface area contributed by atoms with E-state index in [9.17, 15) is 4.79 Å². The number of nitrogens with one attached hydrogen (secondary N) is 4. The fourth-order valence-corrected chi connectivity index (χ4v) is 4.91. The van der Waals surface area contributed by atoms with Gasteiger partial charge in [-0.25, -0.2) is 0 Å². The Morgan fingerprint density at radius 2 is 1.91 bits per heavy atom. The molecule has 2 aromatic carbocycles. The molecule has 35 heavy (non-hydrogen) atoms. The molecule has 1 amide bonds. The monoisotopic (exact) mass is 514 g/mol. The lowest BCUT2D eigenvalue weighted by Crippen LogP contribution is -2.49. The first-order valence-corrected chi connectivity index (χ1v) is 12.4. The lowest BCUT2D eigenvalue weighted by molar-refractivity contribution is 0.0792. The fourth-order valence-electron chi connectivity index (χ4n) is 4.54. The van der Waals surface area contributed by atoms with Crippen LogP contribution in [0.4, 0.5) is 5.69 Å². The zero-order valence-corrected chi connectivity index (χ0v) is 21.0. The second-order valence-corrected chi connectivity index (χ2v) is 9.54. The van der Waals surface area contributed by atoms with E-state index in [2.05, 4.69) is 26.4 Å². The molecule has 3 heterocycles. The van der Waals surface area contributed by atoms with Crippen LogP contribution in [-0.2, 0) is 6.54 Å². The number of carbonyl (C=O) groups excluding carboxylic acids is 1. The third-order valence-corrected chi connectivity index (χ3v) is 6.97. The first-order valence-electron chi connectivity index (χ1n) is 11.7. The summed E-state index contributed by atoms with van der Waals surface area (Å²) in [7, 11) is 1.60. The van der Waals surface area contributed by atoms with Gasteiger partial charge in [-0.05, 0) is 54.8 Å². The number of methoxy groups -OCH3 is 1. The second-order valence-electron chi connectivity index (χ2n) is 8.69. The summed E-state index contributed by atoms with van der Waals surface area (Å²) in [5.41, 5.74) is 9.75. The minimum absolute atomic E-state index is 0.0439. The zero-order chi connectivity index (χ0) is 24.4. The molecular formula is C25H28Cl2N6O2. The maximum atomic E-state index is 12.8. The number of rotatable bonds is 6. The molecule has 0 atom stereocenters. The van der Waals surface area contributed by atoms with E-state index in [0.29, 0.717) is 27.9 Å². The van der Waals surface area contributed by atoms with E-state index in [1.807, 2.05) is 35.2 Å². The van der Waals surface area contributed by atoms with Gasteiger partial charge in [-0.3, -0.25) is 15.6 Å². The highest BCUT2D eigenvalue weighted by atomic mass is 35.5. The van der Waals surface area contributed by atoms with Gasteiger partial charge >= 0.3 is 0 Å². The topological polar surface area (TPSA) is 80.9 Å². The number of nitrogens with zero attached hydrogens (tertiary/aromatic N) is 2. The van der Waals surface area contributed by atoms with Crippen LogP contribution in [0, 0.1) is 0 Å². The molecule has 3 aliphatic rings. The summed E-state index contributed by atoms with van der Waals surface area (Å²) in [6.07, 6.45) is 4.14. The first kappa shape index (κ1) is 23.5. The van der Waals surface area contributed by atoms with Crippen LogP contribution >= 0.6 is 23.2 Å². The summed E-state index contributed by atoms with van der Waals surface area (Å²) in [5.74, 6) is 2.27. The van der Waals surface area contributed by atoms with E-state index in [1.165, 1.54) is 0 Å². The Kier molecular flexibility index (Phi) is 6.83. The third-order valence-electron chi connectivity index (χ3n) is 6.36. The van der Waals surface area contributed by atoms with Gasteiger partial charge in [0, 0.05) is 54.4 Å². The lowest BCUT2D eigenvalue weighted by atomic mass is 10.1. The van der Waals surface area contributed by atoms with Gasteiger partial charge < -0.3 is 25.2 Å². The van der Waals surface area contributed by atoms with Crippen molar-refractivity contribution in [3.63, 3.8) is 0 Å². The molecule has 0 radical (unpaired) electrons. The number of benzene rings is 2. The van der Waals surface area contributed by atoms with Crippen LogP contribution in [0.1, 0.15) is 28.8 Å². The van der Waals surface area contributed by atoms with E-state index in [0.717, 1.165) is 67.6 Å². The number of halogens is 2. The van der Waals surface area contributed by atoms with Crippen molar-refractivity contribution < 1.29 is 9.53 Å². The number of anilines is 1. The van der Waals surface area contributed by atoms with Gasteiger partial charge in [-0.15, -0.1) is 0 Å². The molecule has 2 aromatic rings. The number of amides is 1. The molecule has 10 heteroatoms. The summed E-state index contributed by atoms with van der Waals surface area (Å²) in [6.45, 7) is 3.85. The Morgan fingerprint density at radius 3 is 2.71 bits per heavy atom. The largest absolute Gasteiger partial charge is 0.495 e. The molecule has 1 fully saturated rings. The molecule has 5 rings (SSSR count). The van der Waals surface area contributed by atoms with E-state index in [4.69, 9.17) is 27.9 Å². The molecule has 4 N–H and O–H groups in total. The Bertz CT molecular complexity index is 1190. The highest BCUT2D eigenvalue weighted by molar-refractivity contribution is 6.33. The number of hydrogen-bond acceptors (Lipinski definition) is 7. The quantitative estimate of drug-likeness (QED) is 0.465. The number of carbonyl (C=O) groups is 1. The smallest absolute Gasteiger partial charge is 0.253 e. The summed E-state index contributed by atoms with van der Waals surface area (Å²) in [6, 6.07) is 11.0. The molecule has 0 bridgehead atoms. The lowest BCUT2D eigenvalue weighted by Gasteiger charge is -2.36. The molecule has 3 aliphatic heterocycles. The summed E-state index contributed by atoms with van der Waals surface area (Å²) >= 11 is 12.6. The van der Waals surface area contributed by atoms with Crippen molar-refractivity contribution >= 4 is 34.8 Å². The standard InChI is InChI=1S/C25H28Cl2N6O2/c1-35-22-13-16(25(34)32-9-2-3-10-32)4-7-20(22)29-23-14-21-24(31-30-23)28-8-11-33(21)15-17-12-18(26)5-6-19(17)27/h4-7,12-14,28-31H,2-3,8-11,15H2,1H3. The Morgan fingerprint density at radius 1 is 1.09 bits per heavy atom. The van der Waals surface area contributed by atoms with Crippen LogP contribution < -0.4 is 26.2 Å². The average Bonchev–Trinajstić information content (AvgIpc) is 3.41. The number of likely N-dealkylation sites (tertiary alicyclic amines) is 1. The fraction of sp³-hybridized carbons (Fsp3) is 0.320. The molecule has 0 saturated carbocycles. The predicted molar refractivity (Wildman–Crippen MR) is 138 cm³/mol. The minimum atomic E-state index is 0.0439. The van der Waals surface area contributed by atoms with Crippen molar-refractivity contribution in [3.8, 4) is 5.75 Å². The second kappa shape index (κ2) is 10.2. The van der Waals surface area contributed by atoms with E-state index < -0.39 is 0 Å². The van der Waals surface area contributed by atoms with E-state index in [1.54, 1.807) is 19.2 Å². The average molecular weight is 515 g/mol. The van der Waals surface area contributed by atoms with Crippen molar-refractivity contribution in [2.24, 2.45) is 0 Å². The van der Waals surface area contributed by atoms with Crippen molar-refractivity contribution in [1.82, 2.24) is 26.0 Å². The Balaban J connectivity index is 1.35. The molecule has 1 saturated heterocycles. The van der Waals surface area contributed by atoms with Gasteiger partial charge in [0.2, 0.25) is 0 Å². The predicted octanol–water partition coefficient (Wildman–Crippen LogP) is 3.87. The maximum absolute atomic E-state index is 12.8. The molecule has 0 spiro atoms. The van der Waals surface area contributed by atoms with Gasteiger partial charge in [-0.1, -0.05) is 23.2 Å². The van der Waals surface area contributed by atoms with Crippen molar-refractivity contribution in [2.75, 3.05) is 38.6 Å². The normalized spacial score (nSPS) is 17.2. The third kappa shape index (κ3) is 5.09. The number of hydrogen-bond donors (Lipinski definition) is 4. The first-order chi connectivity index (χ1) is 17.0. The SMILES string of the molecule is COc1cc(C(=O)N2CCCC2)ccc1NC1=CC2=C(NCCN2Cc2cc(Cl)ccc2Cl)NN1. The summed E-state index contributed by atoms with van der Waals surface area (Å²) < 4.78 is 5.60. The summed E-state index contributed by atoms with van der Waals surface area (Å²) in [4.78, 5) is 16.9. The van der Waals surface area contributed by atoms with Gasteiger partial charge in [0.1, 0.15) is 17.4 Å². The van der Waals surface area contributed by atoms with Crippen molar-refractivity contribution in [3.05, 3.63) is 81.0 Å². The molecule has 0 unspecified atom stereocenters. The van der Waals surface area contributed by atoms with Gasteiger partial charge in [0.25, 0.3) is 5.91 Å². The highest BCUT2D eigenvalue weighted by Crippen LogP contribution is 2.30. The van der Waals surface area contributed by atoms with Gasteiger partial charge in [0.05, 0.1) is 18.5 Å². The van der Waals surface area contributed by atoms with Crippen molar-refractivity contribution in [2.45, 2.75) is 19.4 Å². The van der Waals surface area contributed by atoms with Gasteiger partial charge in [-0.2, -0.15) is 0 Å². The van der Waals surface area contributed by atoms with Crippen LogP contribution in [0.15, 0.2) is 59.8 Å². The van der Waals surface area contributed by atoms with Crippen molar-refractivity contribution in [1.29, 1.82) is 0 Å². The van der Waals surface area contributed by atoms with Crippen LogP contribution in [0.5, 0.6) is 5.75 Å². The molecular weight excluding hydrogens is 487 g/mol. The number of ether oxygens (including phenoxy) is 1. The molecule has 184 valence electrons. The van der Waals surface area contributed by atoms with E-state index >= 15 is 0 Å². The van der Waals surface area contributed by atoms with Gasteiger partial charge in [0.15, 0.2) is 0 Å². The van der Waals surface area contributed by atoms with Crippen LogP contribution in [0.3, 0.4) is 0 Å². The molecule has 0 aliphatic carbocycles. The van der Waals surface area contributed by atoms with Crippen LogP contribution in [0.2, 0.25) is 10.0 Å². The number of hydrazine groups is 1. The number of allylic oxidation sites excluding steroid dienone is 1. The zero-order valence-electron chi connectivity index (χ0n) is 19.5. The Hall–Kier alpha value is -3.23. The minimum Gasteiger partial charge on any atom is -0.495 e. The molecule has 0 aromatic heterocycles. The van der Waals surface area contributed by atoms with Crippen LogP contribution in [0.25, 0.3) is 0 Å². The highest BCUT2D eigenvalue weighted by Gasteiger charge is 2.24. The van der Waals surface area contributed by atoms with E-state index in [-0.39, 0.29) is 5.91 Å². The summed E-state index contributed by atoms with van der Waals surface area (Å²) in [5, 5.41) is 8.11. The Labute approximate surface area is 214 Å². The molecule has 8 nitrogen and oxygen atoms in total. The van der Waals surface area contributed by atoms with Crippen LogP contribution in [-0.4, -0.2) is 49.0 Å². The maximum Gasteiger partial charge on any atom is 0.253 e.